The Hall–Kier alpha value is -0.290. The lowest BCUT2D eigenvalue weighted by molar-refractivity contribution is -0.192. The second-order valence-corrected chi connectivity index (χ2v) is 5.31. The summed E-state index contributed by atoms with van der Waals surface area (Å²) in [5.74, 6) is -1.28. The summed E-state index contributed by atoms with van der Waals surface area (Å²) in [4.78, 5) is 1.82. The van der Waals surface area contributed by atoms with Crippen molar-refractivity contribution in [2.24, 2.45) is 11.7 Å². The molecule has 1 rings (SSSR count). The van der Waals surface area contributed by atoms with Crippen LogP contribution in [0.1, 0.15) is 27.2 Å². The van der Waals surface area contributed by atoms with Crippen LogP contribution in [0.5, 0.6) is 0 Å². The van der Waals surface area contributed by atoms with Gasteiger partial charge in [0, 0.05) is 24.7 Å². The number of piperidine rings is 1. The molecule has 1 heterocycles. The molecule has 1 fully saturated rings. The summed E-state index contributed by atoms with van der Waals surface area (Å²) in [7, 11) is 0. The molecular weight excluding hydrogens is 205 g/mol. The Morgan fingerprint density at radius 3 is 2.07 bits per heavy atom. The van der Waals surface area contributed by atoms with Crippen molar-refractivity contribution in [3.05, 3.63) is 0 Å². The van der Waals surface area contributed by atoms with Gasteiger partial charge in [-0.05, 0) is 27.2 Å². The predicted molar refractivity (Wildman–Crippen MR) is 53.5 cm³/mol. The van der Waals surface area contributed by atoms with Gasteiger partial charge in [-0.1, -0.05) is 0 Å². The highest BCUT2D eigenvalue weighted by Gasteiger charge is 2.45. The highest BCUT2D eigenvalue weighted by atomic mass is 19.4. The van der Waals surface area contributed by atoms with Crippen LogP contribution in [0.3, 0.4) is 0 Å². The van der Waals surface area contributed by atoms with Crippen molar-refractivity contribution >= 4 is 0 Å². The molecule has 0 aromatic carbocycles. The van der Waals surface area contributed by atoms with E-state index in [-0.39, 0.29) is 24.5 Å². The van der Waals surface area contributed by atoms with Crippen molar-refractivity contribution in [3.8, 4) is 0 Å². The summed E-state index contributed by atoms with van der Waals surface area (Å²) in [5, 5.41) is 0. The Bertz CT molecular complexity index is 198. The zero-order valence-electron chi connectivity index (χ0n) is 9.43. The molecule has 0 radical (unpaired) electrons. The maximum absolute atomic E-state index is 12.6. The highest BCUT2D eigenvalue weighted by Crippen LogP contribution is 2.34. The number of hydrogen-bond donors (Lipinski definition) is 1. The minimum Gasteiger partial charge on any atom is -0.327 e. The van der Waals surface area contributed by atoms with E-state index in [2.05, 4.69) is 0 Å². The third-order valence-electron chi connectivity index (χ3n) is 2.89. The third-order valence-corrected chi connectivity index (χ3v) is 2.89. The summed E-state index contributed by atoms with van der Waals surface area (Å²) >= 11 is 0. The van der Waals surface area contributed by atoms with Crippen LogP contribution in [0.15, 0.2) is 0 Å². The van der Waals surface area contributed by atoms with Gasteiger partial charge in [0.2, 0.25) is 0 Å². The van der Waals surface area contributed by atoms with Crippen LogP contribution >= 0.6 is 0 Å². The van der Waals surface area contributed by atoms with E-state index in [0.29, 0.717) is 6.54 Å². The van der Waals surface area contributed by atoms with Gasteiger partial charge in [0.15, 0.2) is 0 Å². The van der Waals surface area contributed by atoms with Gasteiger partial charge in [0.1, 0.15) is 0 Å². The van der Waals surface area contributed by atoms with E-state index >= 15 is 0 Å². The highest BCUT2D eigenvalue weighted by molar-refractivity contribution is 4.90. The normalized spacial score (nSPS) is 30.6. The largest absolute Gasteiger partial charge is 0.393 e. The maximum Gasteiger partial charge on any atom is 0.393 e. The number of alkyl halides is 3. The molecule has 2 N–H and O–H groups in total. The minimum absolute atomic E-state index is 0.0517. The molecule has 0 amide bonds. The van der Waals surface area contributed by atoms with Crippen molar-refractivity contribution in [2.75, 3.05) is 13.1 Å². The van der Waals surface area contributed by atoms with Crippen molar-refractivity contribution in [1.82, 2.24) is 4.90 Å². The fourth-order valence-electron chi connectivity index (χ4n) is 1.92. The van der Waals surface area contributed by atoms with Gasteiger partial charge in [-0.3, -0.25) is 4.90 Å². The van der Waals surface area contributed by atoms with E-state index < -0.39 is 12.1 Å². The van der Waals surface area contributed by atoms with E-state index in [1.165, 1.54) is 0 Å². The average molecular weight is 224 g/mol. The predicted octanol–water partition coefficient (Wildman–Crippen LogP) is 2.00. The molecule has 0 saturated carbocycles. The molecule has 1 saturated heterocycles. The first kappa shape index (κ1) is 12.8. The second-order valence-electron chi connectivity index (χ2n) is 5.31. The fourth-order valence-corrected chi connectivity index (χ4v) is 1.92. The van der Waals surface area contributed by atoms with Crippen molar-refractivity contribution in [2.45, 2.75) is 44.9 Å². The SMILES string of the molecule is CC(C)(C)N1C[C@@H](N)C[C@@H](C(F)(F)F)C1. The Morgan fingerprint density at radius 2 is 1.67 bits per heavy atom. The Kier molecular flexibility index (Phi) is 3.36. The molecule has 0 aromatic rings. The monoisotopic (exact) mass is 224 g/mol. The molecule has 1 aliphatic heterocycles. The standard InChI is InChI=1S/C10H19F3N2/c1-9(2,3)15-5-7(10(11,12)13)4-8(14)6-15/h7-8H,4-6,14H2,1-3H3/t7-,8+/m1/s1. The fraction of sp³-hybridized carbons (Fsp3) is 1.00. The summed E-state index contributed by atoms with van der Waals surface area (Å²) < 4.78 is 37.8. The Balaban J connectivity index is 2.73. The van der Waals surface area contributed by atoms with E-state index in [4.69, 9.17) is 5.73 Å². The molecule has 0 spiro atoms. The number of nitrogens with zero attached hydrogens (tertiary/aromatic N) is 1. The molecule has 0 aromatic heterocycles. The molecule has 0 unspecified atom stereocenters. The lowest BCUT2D eigenvalue weighted by atomic mass is 9.90. The number of nitrogens with two attached hydrogens (primary N) is 1. The van der Waals surface area contributed by atoms with E-state index in [0.717, 1.165) is 0 Å². The summed E-state index contributed by atoms with van der Waals surface area (Å²) in [6, 6.07) is -0.371. The third kappa shape index (κ3) is 3.34. The second kappa shape index (κ2) is 3.94. The quantitative estimate of drug-likeness (QED) is 0.682. The number of hydrogen-bond acceptors (Lipinski definition) is 2. The lowest BCUT2D eigenvalue weighted by Crippen LogP contribution is -2.56. The zero-order chi connectivity index (χ0) is 11.9. The van der Waals surface area contributed by atoms with Gasteiger partial charge < -0.3 is 5.73 Å². The van der Waals surface area contributed by atoms with Crippen LogP contribution in [0, 0.1) is 5.92 Å². The smallest absolute Gasteiger partial charge is 0.327 e. The average Bonchev–Trinajstić information content (AvgIpc) is 1.99. The van der Waals surface area contributed by atoms with Crippen LogP contribution < -0.4 is 5.73 Å². The van der Waals surface area contributed by atoms with E-state index in [1.807, 2.05) is 25.7 Å². The molecule has 15 heavy (non-hydrogen) atoms. The minimum atomic E-state index is -4.12. The lowest BCUT2D eigenvalue weighted by Gasteiger charge is -2.44. The Labute approximate surface area is 88.6 Å². The molecule has 2 nitrogen and oxygen atoms in total. The van der Waals surface area contributed by atoms with Crippen LogP contribution in [-0.2, 0) is 0 Å². The summed E-state index contributed by atoms with van der Waals surface area (Å²) in [5.41, 5.74) is 5.42. The molecule has 90 valence electrons. The van der Waals surface area contributed by atoms with Crippen molar-refractivity contribution in [1.29, 1.82) is 0 Å². The summed E-state index contributed by atoms with van der Waals surface area (Å²) in [6.07, 6.45) is -4.07. The van der Waals surface area contributed by atoms with Crippen LogP contribution in [0.2, 0.25) is 0 Å². The van der Waals surface area contributed by atoms with Gasteiger partial charge in [-0.2, -0.15) is 13.2 Å². The van der Waals surface area contributed by atoms with Gasteiger partial charge >= 0.3 is 6.18 Å². The van der Waals surface area contributed by atoms with Gasteiger partial charge in [0.05, 0.1) is 5.92 Å². The molecule has 5 heteroatoms. The van der Waals surface area contributed by atoms with Crippen molar-refractivity contribution < 1.29 is 13.2 Å². The van der Waals surface area contributed by atoms with Gasteiger partial charge in [-0.15, -0.1) is 0 Å². The topological polar surface area (TPSA) is 29.3 Å². The van der Waals surface area contributed by atoms with Crippen LogP contribution in [0.25, 0.3) is 0 Å². The maximum atomic E-state index is 12.6. The van der Waals surface area contributed by atoms with E-state index in [9.17, 15) is 13.2 Å². The molecular formula is C10H19F3N2. The Morgan fingerprint density at radius 1 is 1.13 bits per heavy atom. The molecule has 1 aliphatic rings. The van der Waals surface area contributed by atoms with Crippen LogP contribution in [-0.4, -0.2) is 35.7 Å². The number of likely N-dealkylation sites (tertiary alicyclic amines) is 1. The molecule has 0 aliphatic carbocycles. The zero-order valence-corrected chi connectivity index (χ0v) is 9.43. The van der Waals surface area contributed by atoms with Gasteiger partial charge in [-0.25, -0.2) is 0 Å². The van der Waals surface area contributed by atoms with Gasteiger partial charge in [0.25, 0.3) is 0 Å². The summed E-state index contributed by atoms with van der Waals surface area (Å²) in [6.45, 7) is 6.37. The number of halogens is 3. The number of rotatable bonds is 0. The van der Waals surface area contributed by atoms with Crippen molar-refractivity contribution in [3.63, 3.8) is 0 Å². The molecule has 0 bridgehead atoms. The first-order valence-corrected chi connectivity index (χ1v) is 5.18. The first-order valence-electron chi connectivity index (χ1n) is 5.18. The van der Waals surface area contributed by atoms with E-state index in [1.54, 1.807) is 0 Å². The first-order chi connectivity index (χ1) is 6.60. The molecule has 2 atom stereocenters. The van der Waals surface area contributed by atoms with Crippen LogP contribution in [0.4, 0.5) is 13.2 Å².